The van der Waals surface area contributed by atoms with Gasteiger partial charge in [-0.1, -0.05) is 27.7 Å². The number of piperazine rings is 1. The van der Waals surface area contributed by atoms with Crippen LogP contribution in [0.5, 0.6) is 0 Å². The highest BCUT2D eigenvalue weighted by Crippen LogP contribution is 2.29. The van der Waals surface area contributed by atoms with Gasteiger partial charge in [-0.15, -0.1) is 0 Å². The second-order valence-electron chi connectivity index (χ2n) is 11.1. The van der Waals surface area contributed by atoms with Gasteiger partial charge in [0.15, 0.2) is 0 Å². The molecule has 1 fully saturated rings. The normalized spacial score (nSPS) is 19.4. The highest BCUT2D eigenvalue weighted by atomic mass is 19.1. The summed E-state index contributed by atoms with van der Waals surface area (Å²) in [6.07, 6.45) is -0.605. The van der Waals surface area contributed by atoms with Crippen molar-refractivity contribution in [1.29, 1.82) is 0 Å². The topological polar surface area (TPSA) is 98.9 Å². The van der Waals surface area contributed by atoms with Gasteiger partial charge in [0.1, 0.15) is 5.82 Å². The lowest BCUT2D eigenvalue weighted by atomic mass is 9.86. The van der Waals surface area contributed by atoms with Crippen LogP contribution in [0.1, 0.15) is 53.5 Å². The number of nitrogens with two attached hydrogens (primary N) is 1. The van der Waals surface area contributed by atoms with Crippen molar-refractivity contribution >= 4 is 17.5 Å². The van der Waals surface area contributed by atoms with E-state index in [2.05, 4.69) is 5.32 Å². The van der Waals surface area contributed by atoms with Crippen LogP contribution in [0.4, 0.5) is 10.1 Å². The van der Waals surface area contributed by atoms with Gasteiger partial charge in [0.05, 0.1) is 12.6 Å². The van der Waals surface area contributed by atoms with Crippen LogP contribution in [0, 0.1) is 30.5 Å². The zero-order valence-electron chi connectivity index (χ0n) is 21.8. The molecule has 1 aliphatic heterocycles. The Balaban J connectivity index is 2.05. The van der Waals surface area contributed by atoms with Gasteiger partial charge in [0.25, 0.3) is 0 Å². The largest absolute Gasteiger partial charge is 0.391 e. The van der Waals surface area contributed by atoms with Crippen LogP contribution in [0.3, 0.4) is 0 Å². The van der Waals surface area contributed by atoms with Crippen LogP contribution in [0.15, 0.2) is 18.2 Å². The Morgan fingerprint density at radius 1 is 1.26 bits per heavy atom. The molecule has 1 aliphatic rings. The summed E-state index contributed by atoms with van der Waals surface area (Å²) >= 11 is 0. The summed E-state index contributed by atoms with van der Waals surface area (Å²) in [6.45, 7) is 15.4. The van der Waals surface area contributed by atoms with Gasteiger partial charge in [-0.25, -0.2) is 4.39 Å². The maximum atomic E-state index is 13.5. The number of amides is 2. The maximum Gasteiger partial charge on any atom is 0.241 e. The minimum absolute atomic E-state index is 0.0614. The van der Waals surface area contributed by atoms with E-state index in [1.165, 1.54) is 12.1 Å². The minimum Gasteiger partial charge on any atom is -0.391 e. The number of carbonyl (C=O) groups excluding carboxylic acids is 2. The molecule has 1 aromatic rings. The Labute approximate surface area is 203 Å². The summed E-state index contributed by atoms with van der Waals surface area (Å²) in [5, 5.41) is 13.8. The van der Waals surface area contributed by atoms with Crippen molar-refractivity contribution in [2.24, 2.45) is 23.5 Å². The summed E-state index contributed by atoms with van der Waals surface area (Å²) in [7, 11) is 0. The van der Waals surface area contributed by atoms with Crippen molar-refractivity contribution in [1.82, 2.24) is 10.2 Å². The summed E-state index contributed by atoms with van der Waals surface area (Å²) in [4.78, 5) is 29.3. The molecule has 0 unspecified atom stereocenters. The molecule has 8 heteroatoms. The summed E-state index contributed by atoms with van der Waals surface area (Å²) in [5.74, 6) is -0.412. The van der Waals surface area contributed by atoms with Crippen molar-refractivity contribution in [3.8, 4) is 0 Å². The molecule has 0 saturated carbocycles. The van der Waals surface area contributed by atoms with Gasteiger partial charge < -0.3 is 21.1 Å². The first kappa shape index (κ1) is 28.2. The molecule has 2 amide bonds. The van der Waals surface area contributed by atoms with Crippen molar-refractivity contribution in [3.05, 3.63) is 29.6 Å². The van der Waals surface area contributed by atoms with Gasteiger partial charge >= 0.3 is 0 Å². The van der Waals surface area contributed by atoms with E-state index in [1.807, 2.05) is 46.4 Å². The number of rotatable bonds is 10. The fourth-order valence-electron chi connectivity index (χ4n) is 4.42. The number of anilines is 1. The molecule has 0 radical (unpaired) electrons. The molecule has 1 saturated heterocycles. The Morgan fingerprint density at radius 2 is 1.91 bits per heavy atom. The molecular weight excluding hydrogens is 435 g/mol. The molecule has 2 rings (SSSR count). The fourth-order valence-corrected chi connectivity index (χ4v) is 4.42. The smallest absolute Gasteiger partial charge is 0.241 e. The minimum atomic E-state index is -0.875. The average Bonchev–Trinajstić information content (AvgIpc) is 2.72. The molecule has 0 bridgehead atoms. The van der Waals surface area contributed by atoms with E-state index in [0.29, 0.717) is 36.8 Å². The third-order valence-electron chi connectivity index (χ3n) is 6.72. The van der Waals surface area contributed by atoms with Crippen LogP contribution < -0.4 is 16.0 Å². The van der Waals surface area contributed by atoms with Gasteiger partial charge in [-0.2, -0.15) is 0 Å². The highest BCUT2D eigenvalue weighted by molar-refractivity contribution is 5.96. The van der Waals surface area contributed by atoms with Crippen molar-refractivity contribution < 1.29 is 19.1 Å². The number of aliphatic hydroxyl groups is 1. The van der Waals surface area contributed by atoms with E-state index < -0.39 is 17.7 Å². The predicted molar refractivity (Wildman–Crippen MR) is 134 cm³/mol. The zero-order valence-corrected chi connectivity index (χ0v) is 21.8. The SMILES string of the molecule is Cc1cc(F)ccc1N1CC(C)(C)N(C[C@H](N)[C@@H](O)C[C@H](C(=O)NCC(C)C)C(C)C)CC1=O. The first-order chi connectivity index (χ1) is 15.7. The first-order valence-corrected chi connectivity index (χ1v) is 12.3. The fraction of sp³-hybridized carbons (Fsp3) is 0.692. The van der Waals surface area contributed by atoms with E-state index >= 15 is 0 Å². The lowest BCUT2D eigenvalue weighted by Gasteiger charge is -2.48. The monoisotopic (exact) mass is 478 g/mol. The van der Waals surface area contributed by atoms with Crippen LogP contribution in [-0.4, -0.2) is 65.7 Å². The van der Waals surface area contributed by atoms with E-state index in [4.69, 9.17) is 5.73 Å². The highest BCUT2D eigenvalue weighted by Gasteiger charge is 2.40. The zero-order chi connectivity index (χ0) is 25.8. The van der Waals surface area contributed by atoms with Crippen molar-refractivity contribution in [2.75, 3.05) is 31.1 Å². The predicted octanol–water partition coefficient (Wildman–Crippen LogP) is 2.68. The number of carbonyl (C=O) groups is 2. The maximum absolute atomic E-state index is 13.5. The standard InChI is InChI=1S/C26H43FN4O3/c1-16(2)12-29-25(34)20(17(3)4)11-23(32)21(28)13-30-14-24(33)31(15-26(30,6)7)22-9-8-19(27)10-18(22)5/h8-10,16-17,20-21,23,32H,11-15,28H2,1-7H3,(H,29,34)/t20-,21-,23-/m0/s1. The Morgan fingerprint density at radius 3 is 2.47 bits per heavy atom. The summed E-state index contributed by atoms with van der Waals surface area (Å²) < 4.78 is 13.5. The second kappa shape index (κ2) is 11.6. The molecule has 1 heterocycles. The van der Waals surface area contributed by atoms with Crippen LogP contribution >= 0.6 is 0 Å². The number of aryl methyl sites for hydroxylation is 1. The molecule has 7 nitrogen and oxygen atoms in total. The van der Waals surface area contributed by atoms with Gasteiger partial charge in [0, 0.05) is 42.8 Å². The summed E-state index contributed by atoms with van der Waals surface area (Å²) in [5.41, 5.74) is 7.39. The Bertz CT molecular complexity index is 858. The van der Waals surface area contributed by atoms with E-state index in [1.54, 1.807) is 17.9 Å². The van der Waals surface area contributed by atoms with Gasteiger partial charge in [0.2, 0.25) is 11.8 Å². The van der Waals surface area contributed by atoms with Crippen LogP contribution in [-0.2, 0) is 9.59 Å². The third kappa shape index (κ3) is 7.23. The Kier molecular flexibility index (Phi) is 9.62. The van der Waals surface area contributed by atoms with Gasteiger partial charge in [-0.05, 0) is 62.8 Å². The molecule has 0 spiro atoms. The Hall–Kier alpha value is -2.03. The number of nitrogens with one attached hydrogen (secondary N) is 1. The lowest BCUT2D eigenvalue weighted by molar-refractivity contribution is -0.127. The third-order valence-corrected chi connectivity index (χ3v) is 6.72. The molecule has 0 aromatic heterocycles. The number of aliphatic hydroxyl groups excluding tert-OH is 1. The number of benzene rings is 1. The molecule has 34 heavy (non-hydrogen) atoms. The average molecular weight is 479 g/mol. The number of halogens is 1. The quantitative estimate of drug-likeness (QED) is 0.480. The van der Waals surface area contributed by atoms with Crippen molar-refractivity contribution in [3.63, 3.8) is 0 Å². The van der Waals surface area contributed by atoms with Crippen LogP contribution in [0.2, 0.25) is 0 Å². The number of hydrogen-bond acceptors (Lipinski definition) is 5. The lowest BCUT2D eigenvalue weighted by Crippen LogP contribution is -2.64. The van der Waals surface area contributed by atoms with E-state index in [0.717, 1.165) is 0 Å². The van der Waals surface area contributed by atoms with Crippen LogP contribution in [0.25, 0.3) is 0 Å². The van der Waals surface area contributed by atoms with E-state index in [9.17, 15) is 19.1 Å². The van der Waals surface area contributed by atoms with Crippen molar-refractivity contribution in [2.45, 2.75) is 72.6 Å². The first-order valence-electron chi connectivity index (χ1n) is 12.3. The number of hydrogen-bond donors (Lipinski definition) is 3. The van der Waals surface area contributed by atoms with E-state index in [-0.39, 0.29) is 42.4 Å². The molecule has 0 aliphatic carbocycles. The summed E-state index contributed by atoms with van der Waals surface area (Å²) in [6, 6.07) is 3.82. The molecular formula is C26H43FN4O3. The second-order valence-corrected chi connectivity index (χ2v) is 11.1. The molecule has 3 atom stereocenters. The number of nitrogens with zero attached hydrogens (tertiary/aromatic N) is 2. The molecule has 4 N–H and O–H groups in total. The molecule has 192 valence electrons. The molecule has 1 aromatic carbocycles. The van der Waals surface area contributed by atoms with Gasteiger partial charge in [-0.3, -0.25) is 14.5 Å².